The number of hydrogen-bond donors (Lipinski definition) is 0. The number of esters is 1. The highest BCUT2D eigenvalue weighted by Crippen LogP contribution is 2.29. The number of ether oxygens (including phenoxy) is 1. The third-order valence-corrected chi connectivity index (χ3v) is 2.54. The summed E-state index contributed by atoms with van der Waals surface area (Å²) in [6, 6.07) is 5.41. The number of Topliss-reactive ketones (excluding diaryl/α,β-unsaturated/α-hetero) is 1. The first-order valence-electron chi connectivity index (χ1n) is 5.74. The van der Waals surface area contributed by atoms with Gasteiger partial charge in [0.25, 0.3) is 0 Å². The van der Waals surface area contributed by atoms with Crippen LogP contribution in [0.2, 0.25) is 0 Å². The zero-order valence-corrected chi connectivity index (χ0v) is 11.0. The van der Waals surface area contributed by atoms with Gasteiger partial charge < -0.3 is 4.74 Å². The van der Waals surface area contributed by atoms with Crippen LogP contribution in [0.4, 0.5) is 5.69 Å². The average Bonchev–Trinajstić information content (AvgIpc) is 2.37. The monoisotopic (exact) mass is 276 g/mol. The van der Waals surface area contributed by atoms with E-state index < -0.39 is 22.5 Å². The third-order valence-electron chi connectivity index (χ3n) is 2.54. The molecule has 0 bridgehead atoms. The molecule has 0 saturated heterocycles. The standard InChI is InChI=1S/C13H12N2O5/c1-8(5-6-14)13(17)10-3-4-11(15(18)19)12(7-10)20-9(2)16/h3-4,7-8H,5H2,1-2H3. The second kappa shape index (κ2) is 6.43. The summed E-state index contributed by atoms with van der Waals surface area (Å²) in [7, 11) is 0. The number of nitro groups is 1. The van der Waals surface area contributed by atoms with Crippen LogP contribution >= 0.6 is 0 Å². The largest absolute Gasteiger partial charge is 0.419 e. The second-order valence-electron chi connectivity index (χ2n) is 4.16. The Morgan fingerprint density at radius 2 is 2.15 bits per heavy atom. The number of carbonyl (C=O) groups excluding carboxylic acids is 2. The molecule has 0 aliphatic carbocycles. The van der Waals surface area contributed by atoms with Crippen molar-refractivity contribution in [2.45, 2.75) is 20.3 Å². The number of benzene rings is 1. The van der Waals surface area contributed by atoms with Gasteiger partial charge in [0.05, 0.1) is 11.0 Å². The lowest BCUT2D eigenvalue weighted by atomic mass is 9.96. The smallest absolute Gasteiger partial charge is 0.311 e. The first-order valence-corrected chi connectivity index (χ1v) is 5.74. The molecule has 0 aliphatic rings. The molecule has 0 spiro atoms. The Balaban J connectivity index is 3.19. The van der Waals surface area contributed by atoms with Crippen LogP contribution in [0.5, 0.6) is 5.75 Å². The first kappa shape index (κ1) is 15.3. The molecule has 7 heteroatoms. The first-order chi connectivity index (χ1) is 9.36. The molecule has 1 unspecified atom stereocenters. The van der Waals surface area contributed by atoms with E-state index in [9.17, 15) is 19.7 Å². The predicted octanol–water partition coefficient (Wildman–Crippen LogP) is 2.25. The van der Waals surface area contributed by atoms with Gasteiger partial charge in [0.2, 0.25) is 5.75 Å². The van der Waals surface area contributed by atoms with Gasteiger partial charge in [-0.3, -0.25) is 19.7 Å². The highest BCUT2D eigenvalue weighted by atomic mass is 16.6. The van der Waals surface area contributed by atoms with Crippen LogP contribution in [0.3, 0.4) is 0 Å². The summed E-state index contributed by atoms with van der Waals surface area (Å²) in [5.74, 6) is -1.87. The van der Waals surface area contributed by atoms with Crippen molar-refractivity contribution < 1.29 is 19.2 Å². The van der Waals surface area contributed by atoms with Crippen LogP contribution < -0.4 is 4.74 Å². The fraction of sp³-hybridized carbons (Fsp3) is 0.308. The summed E-state index contributed by atoms with van der Waals surface area (Å²) in [5.41, 5.74) is -0.237. The van der Waals surface area contributed by atoms with Crippen LogP contribution in [0.15, 0.2) is 18.2 Å². The Labute approximate surface area is 114 Å². The number of hydrogen-bond acceptors (Lipinski definition) is 6. The number of ketones is 1. The molecule has 0 heterocycles. The molecular formula is C13H12N2O5. The molecule has 104 valence electrons. The molecule has 0 amide bonds. The highest BCUT2D eigenvalue weighted by Gasteiger charge is 2.21. The van der Waals surface area contributed by atoms with Gasteiger partial charge >= 0.3 is 11.7 Å². The van der Waals surface area contributed by atoms with Crippen molar-refractivity contribution in [2.24, 2.45) is 5.92 Å². The van der Waals surface area contributed by atoms with Crippen molar-refractivity contribution in [2.75, 3.05) is 0 Å². The molecule has 7 nitrogen and oxygen atoms in total. The normalized spacial score (nSPS) is 11.2. The third kappa shape index (κ3) is 3.62. The summed E-state index contributed by atoms with van der Waals surface area (Å²) in [6.45, 7) is 2.69. The molecule has 1 atom stereocenters. The Morgan fingerprint density at radius 3 is 2.65 bits per heavy atom. The molecule has 20 heavy (non-hydrogen) atoms. The van der Waals surface area contributed by atoms with Crippen LogP contribution in [0.25, 0.3) is 0 Å². The Kier molecular flexibility index (Phi) is 4.92. The summed E-state index contributed by atoms with van der Waals surface area (Å²) in [5, 5.41) is 19.4. The van der Waals surface area contributed by atoms with Crippen LogP contribution in [-0.4, -0.2) is 16.7 Å². The van der Waals surface area contributed by atoms with Gasteiger partial charge in [-0.05, 0) is 12.1 Å². The molecule has 0 N–H and O–H groups in total. The van der Waals surface area contributed by atoms with E-state index in [0.29, 0.717) is 0 Å². The molecule has 0 aliphatic heterocycles. The maximum Gasteiger partial charge on any atom is 0.311 e. The summed E-state index contributed by atoms with van der Waals surface area (Å²) in [6.07, 6.45) is 0.0404. The zero-order chi connectivity index (χ0) is 15.3. The molecule has 0 saturated carbocycles. The van der Waals surface area contributed by atoms with Gasteiger partial charge in [0, 0.05) is 30.9 Å². The van der Waals surface area contributed by atoms with Crippen molar-refractivity contribution >= 4 is 17.4 Å². The fourth-order valence-corrected chi connectivity index (χ4v) is 1.57. The number of rotatable bonds is 5. The van der Waals surface area contributed by atoms with E-state index in [0.717, 1.165) is 19.1 Å². The van der Waals surface area contributed by atoms with Crippen molar-refractivity contribution in [3.05, 3.63) is 33.9 Å². The van der Waals surface area contributed by atoms with Gasteiger partial charge in [-0.25, -0.2) is 0 Å². The van der Waals surface area contributed by atoms with Crippen LogP contribution in [0, 0.1) is 27.4 Å². The lowest BCUT2D eigenvalue weighted by Crippen LogP contribution is -2.12. The Bertz CT molecular complexity index is 603. The Morgan fingerprint density at radius 1 is 1.50 bits per heavy atom. The summed E-state index contributed by atoms with van der Waals surface area (Å²) < 4.78 is 4.74. The lowest BCUT2D eigenvalue weighted by Gasteiger charge is -2.08. The SMILES string of the molecule is CC(=O)Oc1cc(C(=O)C(C)CC#N)ccc1[N+](=O)[O-]. The van der Waals surface area contributed by atoms with Gasteiger partial charge in [0.15, 0.2) is 5.78 Å². The minimum absolute atomic E-state index is 0.0404. The van der Waals surface area contributed by atoms with Crippen molar-refractivity contribution in [1.29, 1.82) is 5.26 Å². The molecular weight excluding hydrogens is 264 g/mol. The number of nitro benzene ring substituents is 1. The van der Waals surface area contributed by atoms with Gasteiger partial charge in [-0.15, -0.1) is 0 Å². The maximum atomic E-state index is 12.0. The highest BCUT2D eigenvalue weighted by molar-refractivity contribution is 5.98. The van der Waals surface area contributed by atoms with Crippen LogP contribution in [-0.2, 0) is 4.79 Å². The lowest BCUT2D eigenvalue weighted by molar-refractivity contribution is -0.385. The van der Waals surface area contributed by atoms with E-state index in [1.165, 1.54) is 6.07 Å². The molecule has 0 aromatic heterocycles. The van der Waals surface area contributed by atoms with E-state index in [2.05, 4.69) is 0 Å². The van der Waals surface area contributed by atoms with E-state index in [4.69, 9.17) is 10.00 Å². The summed E-state index contributed by atoms with van der Waals surface area (Å²) >= 11 is 0. The van der Waals surface area contributed by atoms with Crippen molar-refractivity contribution in [3.63, 3.8) is 0 Å². The van der Waals surface area contributed by atoms with Crippen LogP contribution in [0.1, 0.15) is 30.6 Å². The molecule has 1 aromatic carbocycles. The van der Waals surface area contributed by atoms with E-state index >= 15 is 0 Å². The maximum absolute atomic E-state index is 12.0. The molecule has 1 rings (SSSR count). The molecule has 0 fully saturated rings. The minimum atomic E-state index is -0.720. The van der Waals surface area contributed by atoms with E-state index in [1.807, 2.05) is 6.07 Å². The topological polar surface area (TPSA) is 110 Å². The fourth-order valence-electron chi connectivity index (χ4n) is 1.57. The quantitative estimate of drug-likeness (QED) is 0.268. The van der Waals surface area contributed by atoms with E-state index in [1.54, 1.807) is 6.92 Å². The molecule has 1 aromatic rings. The van der Waals surface area contributed by atoms with Crippen molar-refractivity contribution in [3.8, 4) is 11.8 Å². The number of carbonyl (C=O) groups is 2. The van der Waals surface area contributed by atoms with Gasteiger partial charge in [-0.2, -0.15) is 5.26 Å². The molecule has 0 radical (unpaired) electrons. The summed E-state index contributed by atoms with van der Waals surface area (Å²) in [4.78, 5) is 33.0. The minimum Gasteiger partial charge on any atom is -0.419 e. The van der Waals surface area contributed by atoms with Gasteiger partial charge in [-0.1, -0.05) is 6.92 Å². The zero-order valence-electron chi connectivity index (χ0n) is 11.0. The predicted molar refractivity (Wildman–Crippen MR) is 68.1 cm³/mol. The average molecular weight is 276 g/mol. The number of nitriles is 1. The van der Waals surface area contributed by atoms with E-state index in [-0.39, 0.29) is 23.5 Å². The van der Waals surface area contributed by atoms with Crippen molar-refractivity contribution in [1.82, 2.24) is 0 Å². The Hall–Kier alpha value is -2.75. The second-order valence-corrected chi connectivity index (χ2v) is 4.16. The number of nitrogens with zero attached hydrogens (tertiary/aromatic N) is 2. The van der Waals surface area contributed by atoms with Gasteiger partial charge in [0.1, 0.15) is 0 Å².